The molecule has 1 aliphatic rings. The zero-order valence-corrected chi connectivity index (χ0v) is 9.89. The van der Waals surface area contributed by atoms with E-state index in [9.17, 15) is 0 Å². The molecule has 84 valence electrons. The van der Waals surface area contributed by atoms with Crippen LogP contribution in [0, 0.1) is 5.92 Å². The van der Waals surface area contributed by atoms with Crippen molar-refractivity contribution in [2.45, 2.75) is 39.5 Å². The molecule has 1 rings (SSSR count). The van der Waals surface area contributed by atoms with Crippen molar-refractivity contribution in [1.82, 2.24) is 10.2 Å². The third-order valence-electron chi connectivity index (χ3n) is 3.33. The fraction of sp³-hybridized carbons (Fsp3) is 1.00. The maximum Gasteiger partial charge on any atom is 0.000947 e. The Labute approximate surface area is 89.1 Å². The minimum Gasteiger partial charge on any atom is -0.317 e. The Kier molecular flexibility index (Phi) is 6.20. The second kappa shape index (κ2) is 7.24. The Balaban J connectivity index is 2.25. The first-order valence-electron chi connectivity index (χ1n) is 6.29. The molecule has 1 heterocycles. The molecule has 0 amide bonds. The summed E-state index contributed by atoms with van der Waals surface area (Å²) in [6.45, 7) is 11.0. The Morgan fingerprint density at radius 1 is 1.07 bits per heavy atom. The fourth-order valence-electron chi connectivity index (χ4n) is 2.19. The van der Waals surface area contributed by atoms with Crippen molar-refractivity contribution in [3.8, 4) is 0 Å². The molecule has 1 saturated heterocycles. The molecule has 0 radical (unpaired) electrons. The Morgan fingerprint density at radius 2 is 1.64 bits per heavy atom. The van der Waals surface area contributed by atoms with E-state index in [4.69, 9.17) is 0 Å². The van der Waals surface area contributed by atoms with Crippen molar-refractivity contribution in [2.75, 3.05) is 32.7 Å². The van der Waals surface area contributed by atoms with Gasteiger partial charge in [0.25, 0.3) is 0 Å². The van der Waals surface area contributed by atoms with E-state index in [1.165, 1.54) is 58.4 Å². The molecule has 0 saturated carbocycles. The van der Waals surface area contributed by atoms with Gasteiger partial charge < -0.3 is 10.2 Å². The third kappa shape index (κ3) is 4.43. The average molecular weight is 198 g/mol. The monoisotopic (exact) mass is 198 g/mol. The highest BCUT2D eigenvalue weighted by molar-refractivity contribution is 4.67. The predicted molar refractivity (Wildman–Crippen MR) is 62.6 cm³/mol. The van der Waals surface area contributed by atoms with Gasteiger partial charge in [-0.2, -0.15) is 0 Å². The van der Waals surface area contributed by atoms with Gasteiger partial charge in [0.05, 0.1) is 0 Å². The van der Waals surface area contributed by atoms with Crippen molar-refractivity contribution in [1.29, 1.82) is 0 Å². The zero-order chi connectivity index (χ0) is 10.2. The van der Waals surface area contributed by atoms with Crippen LogP contribution in [-0.2, 0) is 0 Å². The van der Waals surface area contributed by atoms with Crippen molar-refractivity contribution in [2.24, 2.45) is 5.92 Å². The van der Waals surface area contributed by atoms with Crippen LogP contribution in [0.15, 0.2) is 0 Å². The first-order chi connectivity index (χ1) is 6.86. The molecular formula is C12H26N2. The average Bonchev–Trinajstić information content (AvgIpc) is 2.16. The molecule has 0 unspecified atom stereocenters. The van der Waals surface area contributed by atoms with Gasteiger partial charge in [-0.1, -0.05) is 26.7 Å². The normalized spacial score (nSPS) is 20.8. The van der Waals surface area contributed by atoms with Crippen molar-refractivity contribution < 1.29 is 0 Å². The summed E-state index contributed by atoms with van der Waals surface area (Å²) in [4.78, 5) is 2.67. The minimum absolute atomic E-state index is 0.919. The van der Waals surface area contributed by atoms with Gasteiger partial charge in [-0.25, -0.2) is 0 Å². The lowest BCUT2D eigenvalue weighted by Gasteiger charge is -2.28. The summed E-state index contributed by atoms with van der Waals surface area (Å²) < 4.78 is 0. The number of nitrogens with one attached hydrogen (secondary N) is 1. The summed E-state index contributed by atoms with van der Waals surface area (Å²) in [5.74, 6) is 0.919. The highest BCUT2D eigenvalue weighted by Crippen LogP contribution is 2.11. The van der Waals surface area contributed by atoms with E-state index < -0.39 is 0 Å². The molecule has 0 aromatic heterocycles. The van der Waals surface area contributed by atoms with Crippen LogP contribution in [0.5, 0.6) is 0 Å². The standard InChI is InChI=1S/C12H26N2/c1-3-12(4-2)11-14-9-5-7-13-8-6-10-14/h12-13H,3-11H2,1-2H3. The Morgan fingerprint density at radius 3 is 2.14 bits per heavy atom. The first-order valence-corrected chi connectivity index (χ1v) is 6.29. The van der Waals surface area contributed by atoms with Gasteiger partial charge in [-0.3, -0.25) is 0 Å². The number of nitrogens with zero attached hydrogens (tertiary/aromatic N) is 1. The second-order valence-electron chi connectivity index (χ2n) is 4.44. The summed E-state index contributed by atoms with van der Waals surface area (Å²) in [5, 5.41) is 3.46. The van der Waals surface area contributed by atoms with Crippen LogP contribution in [0.4, 0.5) is 0 Å². The largest absolute Gasteiger partial charge is 0.317 e. The van der Waals surface area contributed by atoms with Crippen LogP contribution < -0.4 is 5.32 Å². The molecule has 0 bridgehead atoms. The minimum atomic E-state index is 0.919. The molecule has 0 atom stereocenters. The second-order valence-corrected chi connectivity index (χ2v) is 4.44. The summed E-state index contributed by atoms with van der Waals surface area (Å²) in [6, 6.07) is 0. The lowest BCUT2D eigenvalue weighted by molar-refractivity contribution is 0.209. The fourth-order valence-corrected chi connectivity index (χ4v) is 2.19. The van der Waals surface area contributed by atoms with Crippen LogP contribution >= 0.6 is 0 Å². The molecule has 2 nitrogen and oxygen atoms in total. The van der Waals surface area contributed by atoms with Crippen LogP contribution in [0.25, 0.3) is 0 Å². The maximum absolute atomic E-state index is 3.46. The molecule has 0 aromatic carbocycles. The lowest BCUT2D eigenvalue weighted by Crippen LogP contribution is -2.36. The SMILES string of the molecule is CCC(CC)CN1CCCNCCC1. The van der Waals surface area contributed by atoms with Gasteiger partial charge in [0, 0.05) is 6.54 Å². The third-order valence-corrected chi connectivity index (χ3v) is 3.33. The molecule has 1 fully saturated rings. The summed E-state index contributed by atoms with van der Waals surface area (Å²) in [5.41, 5.74) is 0. The Bertz CT molecular complexity index is 124. The highest BCUT2D eigenvalue weighted by atomic mass is 15.1. The van der Waals surface area contributed by atoms with Crippen LogP contribution in [0.3, 0.4) is 0 Å². The molecule has 0 aliphatic carbocycles. The molecule has 2 heteroatoms. The number of hydrogen-bond donors (Lipinski definition) is 1. The van der Waals surface area contributed by atoms with E-state index in [0.29, 0.717) is 0 Å². The Hall–Kier alpha value is -0.0800. The van der Waals surface area contributed by atoms with E-state index in [-0.39, 0.29) is 0 Å². The highest BCUT2D eigenvalue weighted by Gasteiger charge is 2.11. The maximum atomic E-state index is 3.46. The van der Waals surface area contributed by atoms with E-state index in [2.05, 4.69) is 24.1 Å². The number of hydrogen-bond acceptors (Lipinski definition) is 2. The topological polar surface area (TPSA) is 15.3 Å². The summed E-state index contributed by atoms with van der Waals surface area (Å²) in [6.07, 6.45) is 5.32. The van der Waals surface area contributed by atoms with Crippen LogP contribution in [0.1, 0.15) is 39.5 Å². The smallest absolute Gasteiger partial charge is 0.000947 e. The van der Waals surface area contributed by atoms with E-state index in [1.807, 2.05) is 0 Å². The van der Waals surface area contributed by atoms with Crippen molar-refractivity contribution in [3.63, 3.8) is 0 Å². The van der Waals surface area contributed by atoms with E-state index >= 15 is 0 Å². The lowest BCUT2D eigenvalue weighted by atomic mass is 10.0. The zero-order valence-electron chi connectivity index (χ0n) is 9.89. The molecular weight excluding hydrogens is 172 g/mol. The molecule has 0 aromatic rings. The molecule has 0 spiro atoms. The van der Waals surface area contributed by atoms with Crippen LogP contribution in [-0.4, -0.2) is 37.6 Å². The predicted octanol–water partition coefficient (Wildman–Crippen LogP) is 2.11. The molecule has 1 N–H and O–H groups in total. The van der Waals surface area contributed by atoms with Gasteiger partial charge in [0.2, 0.25) is 0 Å². The van der Waals surface area contributed by atoms with Gasteiger partial charge in [-0.15, -0.1) is 0 Å². The molecule has 14 heavy (non-hydrogen) atoms. The van der Waals surface area contributed by atoms with Crippen LogP contribution in [0.2, 0.25) is 0 Å². The quantitative estimate of drug-likeness (QED) is 0.744. The van der Waals surface area contributed by atoms with Gasteiger partial charge in [-0.05, 0) is 44.9 Å². The summed E-state index contributed by atoms with van der Waals surface area (Å²) in [7, 11) is 0. The summed E-state index contributed by atoms with van der Waals surface area (Å²) >= 11 is 0. The van der Waals surface area contributed by atoms with Gasteiger partial charge in [0.1, 0.15) is 0 Å². The van der Waals surface area contributed by atoms with Gasteiger partial charge >= 0.3 is 0 Å². The molecule has 1 aliphatic heterocycles. The van der Waals surface area contributed by atoms with E-state index in [0.717, 1.165) is 5.92 Å². The number of rotatable bonds is 4. The van der Waals surface area contributed by atoms with Crippen molar-refractivity contribution >= 4 is 0 Å². The van der Waals surface area contributed by atoms with E-state index in [1.54, 1.807) is 0 Å². The van der Waals surface area contributed by atoms with Gasteiger partial charge in [0.15, 0.2) is 0 Å². The first kappa shape index (κ1) is 12.0. The van der Waals surface area contributed by atoms with Crippen molar-refractivity contribution in [3.05, 3.63) is 0 Å².